The maximum absolute atomic E-state index is 13.7. The van der Waals surface area contributed by atoms with Gasteiger partial charge in [0.2, 0.25) is 11.9 Å². The standard InChI is InChI=1S/C27H28F3N5O3/c28-27(29,30)21-16-32-25(34-22(21)13-10-17-5-1-2-6-19(17)15-24(31)36)33-20-11-8-18(9-12-20)23-7-3-4-14-35(23)26(37)38/h1-2,5-6,8-9,11-12,16,23H,3-4,7,10,13-15H2,(H2,31,36)(H,37,38)(H,32,33,34). The minimum absolute atomic E-state index is 0.0000417. The van der Waals surface area contributed by atoms with Gasteiger partial charge in [0, 0.05) is 18.4 Å². The third-order valence-electron chi connectivity index (χ3n) is 6.59. The number of piperidine rings is 1. The molecule has 2 aromatic carbocycles. The molecule has 0 saturated carbocycles. The van der Waals surface area contributed by atoms with Gasteiger partial charge in [-0.2, -0.15) is 13.2 Å². The second-order valence-corrected chi connectivity index (χ2v) is 9.20. The highest BCUT2D eigenvalue weighted by Crippen LogP contribution is 2.33. The molecule has 1 fully saturated rings. The normalized spacial score (nSPS) is 15.8. The number of carbonyl (C=O) groups is 2. The third-order valence-corrected chi connectivity index (χ3v) is 6.59. The Labute approximate surface area is 217 Å². The number of hydrogen-bond donors (Lipinski definition) is 3. The number of likely N-dealkylation sites (tertiary alicyclic amines) is 1. The van der Waals surface area contributed by atoms with Crippen LogP contribution in [0.15, 0.2) is 54.7 Å². The van der Waals surface area contributed by atoms with Crippen LogP contribution in [0, 0.1) is 0 Å². The van der Waals surface area contributed by atoms with Crippen molar-refractivity contribution in [2.75, 3.05) is 11.9 Å². The van der Waals surface area contributed by atoms with Crippen LogP contribution >= 0.6 is 0 Å². The molecule has 0 bridgehead atoms. The van der Waals surface area contributed by atoms with Crippen LogP contribution < -0.4 is 11.1 Å². The summed E-state index contributed by atoms with van der Waals surface area (Å²) in [5, 5.41) is 12.4. The Kier molecular flexibility index (Phi) is 8.13. The lowest BCUT2D eigenvalue weighted by molar-refractivity contribution is -0.138. The van der Waals surface area contributed by atoms with Crippen LogP contribution in [0.5, 0.6) is 0 Å². The number of alkyl halides is 3. The number of nitrogens with two attached hydrogens (primary N) is 1. The molecular formula is C27H28F3N5O3. The van der Waals surface area contributed by atoms with E-state index in [4.69, 9.17) is 5.73 Å². The molecule has 8 nitrogen and oxygen atoms in total. The number of amides is 2. The first-order valence-electron chi connectivity index (χ1n) is 12.3. The first kappa shape index (κ1) is 26.9. The van der Waals surface area contributed by atoms with E-state index in [9.17, 15) is 27.9 Å². The number of rotatable bonds is 8. The predicted octanol–water partition coefficient (Wildman–Crippen LogP) is 5.26. The third kappa shape index (κ3) is 6.58. The summed E-state index contributed by atoms with van der Waals surface area (Å²) in [6.07, 6.45) is -2.12. The molecular weight excluding hydrogens is 499 g/mol. The van der Waals surface area contributed by atoms with Crippen LogP contribution in [0.2, 0.25) is 0 Å². The van der Waals surface area contributed by atoms with Gasteiger partial charge < -0.3 is 21.1 Å². The molecule has 4 N–H and O–H groups in total. The van der Waals surface area contributed by atoms with E-state index in [1.165, 1.54) is 4.90 Å². The summed E-state index contributed by atoms with van der Waals surface area (Å²) in [5.74, 6) is -0.511. The second kappa shape index (κ2) is 11.5. The van der Waals surface area contributed by atoms with Crippen molar-refractivity contribution in [2.24, 2.45) is 5.73 Å². The van der Waals surface area contributed by atoms with Gasteiger partial charge in [0.15, 0.2) is 0 Å². The lowest BCUT2D eigenvalue weighted by Crippen LogP contribution is -2.37. The maximum Gasteiger partial charge on any atom is 0.419 e. The largest absolute Gasteiger partial charge is 0.465 e. The van der Waals surface area contributed by atoms with Crippen LogP contribution in [-0.4, -0.2) is 38.5 Å². The SMILES string of the molecule is NC(=O)Cc1ccccc1CCc1nc(Nc2ccc(C3CCCCN3C(=O)O)cc2)ncc1C(F)(F)F. The number of carboxylic acid groups (broad SMARTS) is 1. The van der Waals surface area contributed by atoms with Crippen LogP contribution in [0.4, 0.5) is 29.6 Å². The van der Waals surface area contributed by atoms with Crippen molar-refractivity contribution in [3.05, 3.63) is 82.7 Å². The Morgan fingerprint density at radius 2 is 1.76 bits per heavy atom. The summed E-state index contributed by atoms with van der Waals surface area (Å²) in [4.78, 5) is 32.4. The van der Waals surface area contributed by atoms with E-state index < -0.39 is 23.7 Å². The summed E-state index contributed by atoms with van der Waals surface area (Å²) in [6, 6.07) is 13.8. The first-order valence-corrected chi connectivity index (χ1v) is 12.3. The van der Waals surface area contributed by atoms with Crippen LogP contribution in [0.3, 0.4) is 0 Å². The Balaban J connectivity index is 1.53. The van der Waals surface area contributed by atoms with Crippen LogP contribution in [-0.2, 0) is 30.2 Å². The molecule has 3 aromatic rings. The molecule has 200 valence electrons. The smallest absolute Gasteiger partial charge is 0.419 e. The van der Waals surface area contributed by atoms with E-state index in [0.29, 0.717) is 17.8 Å². The zero-order valence-corrected chi connectivity index (χ0v) is 20.5. The molecule has 1 aliphatic rings. The number of nitrogens with one attached hydrogen (secondary N) is 1. The predicted molar refractivity (Wildman–Crippen MR) is 135 cm³/mol. The Morgan fingerprint density at radius 1 is 1.05 bits per heavy atom. The molecule has 0 aliphatic carbocycles. The molecule has 11 heteroatoms. The van der Waals surface area contributed by atoms with Crippen molar-refractivity contribution in [3.63, 3.8) is 0 Å². The van der Waals surface area contributed by atoms with Gasteiger partial charge in [-0.05, 0) is 60.9 Å². The lowest BCUT2D eigenvalue weighted by Gasteiger charge is -2.33. The highest BCUT2D eigenvalue weighted by molar-refractivity contribution is 5.77. The summed E-state index contributed by atoms with van der Waals surface area (Å²) in [5.41, 5.74) is 7.01. The van der Waals surface area contributed by atoms with Gasteiger partial charge in [-0.25, -0.2) is 14.8 Å². The molecule has 1 aromatic heterocycles. The summed E-state index contributed by atoms with van der Waals surface area (Å²) < 4.78 is 41.1. The molecule has 0 spiro atoms. The van der Waals surface area contributed by atoms with Crippen molar-refractivity contribution in [1.82, 2.24) is 14.9 Å². The number of anilines is 2. The fourth-order valence-electron chi connectivity index (χ4n) is 4.74. The van der Waals surface area contributed by atoms with Crippen LogP contribution in [0.25, 0.3) is 0 Å². The first-order chi connectivity index (χ1) is 18.1. The topological polar surface area (TPSA) is 121 Å². The number of halogens is 3. The fourth-order valence-corrected chi connectivity index (χ4v) is 4.74. The van der Waals surface area contributed by atoms with Crippen molar-refractivity contribution in [2.45, 2.75) is 50.7 Å². The summed E-state index contributed by atoms with van der Waals surface area (Å²) >= 11 is 0. The molecule has 2 amide bonds. The van der Waals surface area contributed by atoms with Gasteiger partial charge in [-0.15, -0.1) is 0 Å². The van der Waals surface area contributed by atoms with E-state index >= 15 is 0 Å². The number of carbonyl (C=O) groups excluding carboxylic acids is 1. The minimum atomic E-state index is -4.63. The number of nitrogens with zero attached hydrogens (tertiary/aromatic N) is 3. The van der Waals surface area contributed by atoms with Crippen LogP contribution in [0.1, 0.15) is 53.3 Å². The second-order valence-electron chi connectivity index (χ2n) is 9.20. The van der Waals surface area contributed by atoms with E-state index in [1.54, 1.807) is 48.5 Å². The average molecular weight is 528 g/mol. The van der Waals surface area contributed by atoms with Gasteiger partial charge in [0.05, 0.1) is 23.7 Å². The monoisotopic (exact) mass is 527 g/mol. The molecule has 2 heterocycles. The van der Waals surface area contributed by atoms with Crippen molar-refractivity contribution in [3.8, 4) is 0 Å². The quantitative estimate of drug-likeness (QED) is 0.368. The number of primary amides is 1. The highest BCUT2D eigenvalue weighted by atomic mass is 19.4. The molecule has 1 saturated heterocycles. The summed E-state index contributed by atoms with van der Waals surface area (Å²) in [6.45, 7) is 0.481. The molecule has 1 aliphatic heterocycles. The number of aromatic nitrogens is 2. The minimum Gasteiger partial charge on any atom is -0.465 e. The molecule has 1 unspecified atom stereocenters. The van der Waals surface area contributed by atoms with Crippen molar-refractivity contribution < 1.29 is 27.9 Å². The number of benzene rings is 2. The van der Waals surface area contributed by atoms with E-state index in [0.717, 1.165) is 36.6 Å². The zero-order chi connectivity index (χ0) is 27.3. The molecule has 1 atom stereocenters. The summed E-state index contributed by atoms with van der Waals surface area (Å²) in [7, 11) is 0. The fraction of sp³-hybridized carbons (Fsp3) is 0.333. The molecule has 4 rings (SSSR count). The number of aryl methyl sites for hydroxylation is 2. The average Bonchev–Trinajstić information content (AvgIpc) is 2.88. The maximum atomic E-state index is 13.7. The van der Waals surface area contributed by atoms with E-state index in [1.807, 2.05) is 0 Å². The number of hydrogen-bond acceptors (Lipinski definition) is 5. The lowest BCUT2D eigenvalue weighted by atomic mass is 9.95. The van der Waals surface area contributed by atoms with Gasteiger partial charge in [-0.3, -0.25) is 4.79 Å². The highest BCUT2D eigenvalue weighted by Gasteiger charge is 2.35. The van der Waals surface area contributed by atoms with Crippen molar-refractivity contribution in [1.29, 1.82) is 0 Å². The zero-order valence-electron chi connectivity index (χ0n) is 20.5. The molecule has 0 radical (unpaired) electrons. The van der Waals surface area contributed by atoms with E-state index in [-0.39, 0.29) is 36.9 Å². The Bertz CT molecular complexity index is 1300. The molecule has 38 heavy (non-hydrogen) atoms. The van der Waals surface area contributed by atoms with Gasteiger partial charge in [-0.1, -0.05) is 36.4 Å². The van der Waals surface area contributed by atoms with Crippen molar-refractivity contribution >= 4 is 23.6 Å². The Hall–Kier alpha value is -4.15. The van der Waals surface area contributed by atoms with Gasteiger partial charge in [0.25, 0.3) is 0 Å². The van der Waals surface area contributed by atoms with Gasteiger partial charge in [0.1, 0.15) is 0 Å². The van der Waals surface area contributed by atoms with Gasteiger partial charge >= 0.3 is 12.3 Å². The van der Waals surface area contributed by atoms with E-state index in [2.05, 4.69) is 15.3 Å². The Morgan fingerprint density at radius 3 is 2.42 bits per heavy atom.